The summed E-state index contributed by atoms with van der Waals surface area (Å²) in [6, 6.07) is 0.0323. The molecule has 0 spiro atoms. The van der Waals surface area contributed by atoms with Crippen molar-refractivity contribution in [2.45, 2.75) is 65.0 Å². The van der Waals surface area contributed by atoms with Gasteiger partial charge in [-0.05, 0) is 31.1 Å². The van der Waals surface area contributed by atoms with E-state index in [4.69, 9.17) is 0 Å². The van der Waals surface area contributed by atoms with E-state index in [1.165, 1.54) is 0 Å². The Hall–Kier alpha value is -0.130. The van der Waals surface area contributed by atoms with Crippen molar-refractivity contribution in [2.24, 2.45) is 11.3 Å². The van der Waals surface area contributed by atoms with Crippen LogP contribution in [0.4, 0.5) is 0 Å². The molecule has 112 valence electrons. The molecule has 0 aromatic rings. The van der Waals surface area contributed by atoms with Gasteiger partial charge in [0.2, 0.25) is 10.0 Å². The number of nitrogens with zero attached hydrogens (tertiary/aromatic N) is 1. The molecule has 1 heterocycles. The van der Waals surface area contributed by atoms with Gasteiger partial charge in [-0.25, -0.2) is 8.42 Å². The van der Waals surface area contributed by atoms with Gasteiger partial charge >= 0.3 is 0 Å². The minimum Gasteiger partial charge on any atom is -0.393 e. The first kappa shape index (κ1) is 15.3. The zero-order chi connectivity index (χ0) is 14.3. The van der Waals surface area contributed by atoms with Crippen LogP contribution in [0, 0.1) is 11.3 Å². The molecule has 3 unspecified atom stereocenters. The van der Waals surface area contributed by atoms with Gasteiger partial charge in [0.05, 0.1) is 11.9 Å². The fraction of sp³-hybridized carbons (Fsp3) is 1.00. The number of aliphatic hydroxyl groups excluding tert-OH is 1. The van der Waals surface area contributed by atoms with E-state index in [1.54, 1.807) is 4.31 Å². The van der Waals surface area contributed by atoms with Gasteiger partial charge in [0.15, 0.2) is 0 Å². The molecule has 2 rings (SSSR count). The van der Waals surface area contributed by atoms with Gasteiger partial charge in [-0.3, -0.25) is 0 Å². The lowest BCUT2D eigenvalue weighted by Crippen LogP contribution is -2.45. The maximum atomic E-state index is 12.6. The van der Waals surface area contributed by atoms with E-state index in [2.05, 4.69) is 0 Å². The van der Waals surface area contributed by atoms with Crippen molar-refractivity contribution in [2.75, 3.05) is 12.3 Å². The average molecular weight is 289 g/mol. The molecule has 4 nitrogen and oxygen atoms in total. The third-order valence-electron chi connectivity index (χ3n) is 4.25. The van der Waals surface area contributed by atoms with Crippen LogP contribution in [0.3, 0.4) is 0 Å². The van der Waals surface area contributed by atoms with Crippen LogP contribution in [-0.4, -0.2) is 42.3 Å². The van der Waals surface area contributed by atoms with E-state index < -0.39 is 10.0 Å². The van der Waals surface area contributed by atoms with Crippen molar-refractivity contribution in [1.29, 1.82) is 0 Å². The van der Waals surface area contributed by atoms with Crippen molar-refractivity contribution in [1.82, 2.24) is 4.31 Å². The van der Waals surface area contributed by atoms with Crippen molar-refractivity contribution in [3.63, 3.8) is 0 Å². The molecule has 0 amide bonds. The standard InChI is InChI=1S/C14H27NO3S/c1-14(2,3)10-19(17,18)15-9-5-7-12(15)11-6-4-8-13(11)16/h11-13,16H,4-10H2,1-3H3. The van der Waals surface area contributed by atoms with Gasteiger partial charge < -0.3 is 5.11 Å². The average Bonchev–Trinajstić information content (AvgIpc) is 2.80. The second-order valence-electron chi connectivity index (χ2n) is 7.30. The molecule has 0 bridgehead atoms. The third-order valence-corrected chi connectivity index (χ3v) is 6.65. The molecule has 1 aliphatic heterocycles. The summed E-state index contributed by atoms with van der Waals surface area (Å²) >= 11 is 0. The first-order valence-electron chi connectivity index (χ1n) is 7.38. The topological polar surface area (TPSA) is 57.6 Å². The van der Waals surface area contributed by atoms with E-state index in [0.717, 1.165) is 32.1 Å². The van der Waals surface area contributed by atoms with Crippen molar-refractivity contribution in [3.05, 3.63) is 0 Å². The van der Waals surface area contributed by atoms with Crippen molar-refractivity contribution < 1.29 is 13.5 Å². The summed E-state index contributed by atoms with van der Waals surface area (Å²) in [4.78, 5) is 0. The Kier molecular flexibility index (Phi) is 4.29. The summed E-state index contributed by atoms with van der Waals surface area (Å²) in [5, 5.41) is 10.0. The highest BCUT2D eigenvalue weighted by atomic mass is 32.2. The molecule has 2 fully saturated rings. The molecule has 1 aliphatic carbocycles. The molecule has 3 atom stereocenters. The lowest BCUT2D eigenvalue weighted by molar-refractivity contribution is 0.0973. The molecule has 0 aromatic carbocycles. The van der Waals surface area contributed by atoms with Gasteiger partial charge in [0, 0.05) is 18.5 Å². The van der Waals surface area contributed by atoms with Gasteiger partial charge in [-0.1, -0.05) is 27.2 Å². The minimum atomic E-state index is -3.21. The largest absolute Gasteiger partial charge is 0.393 e. The first-order valence-corrected chi connectivity index (χ1v) is 8.99. The highest BCUT2D eigenvalue weighted by Gasteiger charge is 2.43. The summed E-state index contributed by atoms with van der Waals surface area (Å²) in [5.41, 5.74) is -0.222. The fourth-order valence-corrected chi connectivity index (χ4v) is 5.93. The summed E-state index contributed by atoms with van der Waals surface area (Å²) < 4.78 is 26.8. The van der Waals surface area contributed by atoms with Crippen molar-refractivity contribution in [3.8, 4) is 0 Å². The number of hydrogen-bond acceptors (Lipinski definition) is 3. The Morgan fingerprint density at radius 1 is 1.16 bits per heavy atom. The third kappa shape index (κ3) is 3.50. The summed E-state index contributed by atoms with van der Waals surface area (Å²) in [6.45, 7) is 6.51. The number of rotatable bonds is 3. The zero-order valence-corrected chi connectivity index (χ0v) is 13.1. The van der Waals surface area contributed by atoms with Gasteiger partial charge in [0.25, 0.3) is 0 Å². The molecule has 2 aliphatic rings. The molecule has 19 heavy (non-hydrogen) atoms. The van der Waals surface area contributed by atoms with Crippen LogP contribution in [0.5, 0.6) is 0 Å². The van der Waals surface area contributed by atoms with Gasteiger partial charge in [-0.2, -0.15) is 4.31 Å². The Bertz CT molecular complexity index is 413. The predicted molar refractivity (Wildman–Crippen MR) is 76.3 cm³/mol. The lowest BCUT2D eigenvalue weighted by atomic mass is 9.95. The molecular formula is C14H27NO3S. The predicted octanol–water partition coefficient (Wildman–Crippen LogP) is 1.99. The summed E-state index contributed by atoms with van der Waals surface area (Å²) in [5.74, 6) is 0.344. The van der Waals surface area contributed by atoms with Crippen molar-refractivity contribution >= 4 is 10.0 Å². The number of aliphatic hydroxyl groups is 1. The molecule has 0 aromatic heterocycles. The van der Waals surface area contributed by atoms with E-state index in [-0.39, 0.29) is 29.2 Å². The molecule has 1 saturated carbocycles. The molecule has 1 saturated heterocycles. The molecular weight excluding hydrogens is 262 g/mol. The lowest BCUT2D eigenvalue weighted by Gasteiger charge is -2.32. The van der Waals surface area contributed by atoms with Gasteiger partial charge in [0.1, 0.15) is 0 Å². The van der Waals surface area contributed by atoms with Gasteiger partial charge in [-0.15, -0.1) is 0 Å². The van der Waals surface area contributed by atoms with E-state index >= 15 is 0 Å². The second kappa shape index (κ2) is 5.34. The first-order chi connectivity index (χ1) is 8.71. The van der Waals surface area contributed by atoms with Crippen LogP contribution in [-0.2, 0) is 10.0 Å². The van der Waals surface area contributed by atoms with E-state index in [0.29, 0.717) is 6.54 Å². The highest BCUT2D eigenvalue weighted by molar-refractivity contribution is 7.89. The Labute approximate surface area is 117 Å². The Morgan fingerprint density at radius 3 is 2.37 bits per heavy atom. The van der Waals surface area contributed by atoms with Crippen LogP contribution in [0.1, 0.15) is 52.9 Å². The summed E-state index contributed by atoms with van der Waals surface area (Å²) in [6.07, 6.45) is 4.34. The van der Waals surface area contributed by atoms with Crippen LogP contribution in [0.2, 0.25) is 0 Å². The van der Waals surface area contributed by atoms with Crippen LogP contribution < -0.4 is 0 Å². The fourth-order valence-electron chi connectivity index (χ4n) is 3.59. The van der Waals surface area contributed by atoms with E-state index in [9.17, 15) is 13.5 Å². The number of hydrogen-bond donors (Lipinski definition) is 1. The second-order valence-corrected chi connectivity index (χ2v) is 9.22. The Morgan fingerprint density at radius 2 is 1.84 bits per heavy atom. The Balaban J connectivity index is 2.14. The minimum absolute atomic E-state index is 0.0323. The maximum absolute atomic E-state index is 12.6. The monoisotopic (exact) mass is 289 g/mol. The van der Waals surface area contributed by atoms with Crippen LogP contribution in [0.25, 0.3) is 0 Å². The number of sulfonamides is 1. The molecule has 0 radical (unpaired) electrons. The van der Waals surface area contributed by atoms with Crippen LogP contribution in [0.15, 0.2) is 0 Å². The summed E-state index contributed by atoms with van der Waals surface area (Å²) in [7, 11) is -3.21. The highest BCUT2D eigenvalue weighted by Crippen LogP contribution is 2.37. The smallest absolute Gasteiger partial charge is 0.214 e. The molecule has 5 heteroatoms. The SMILES string of the molecule is CC(C)(C)CS(=O)(=O)N1CCCC1C1CCCC1O. The van der Waals surface area contributed by atoms with E-state index in [1.807, 2.05) is 20.8 Å². The quantitative estimate of drug-likeness (QED) is 0.864. The normalized spacial score (nSPS) is 34.0. The van der Waals surface area contributed by atoms with Crippen LogP contribution >= 0.6 is 0 Å². The zero-order valence-electron chi connectivity index (χ0n) is 12.3. The molecule has 1 N–H and O–H groups in total. The maximum Gasteiger partial charge on any atom is 0.214 e.